The van der Waals surface area contributed by atoms with E-state index in [-0.39, 0.29) is 16.5 Å². The Hall–Kier alpha value is -2.61. The van der Waals surface area contributed by atoms with Crippen LogP contribution in [0.25, 0.3) is 0 Å². The quantitative estimate of drug-likeness (QED) is 0.740. The fourth-order valence-corrected chi connectivity index (χ4v) is 4.18. The van der Waals surface area contributed by atoms with E-state index in [2.05, 4.69) is 25.5 Å². The second-order valence-electron chi connectivity index (χ2n) is 7.60. The molecule has 1 aliphatic heterocycles. The van der Waals surface area contributed by atoms with E-state index in [1.807, 2.05) is 0 Å². The Morgan fingerprint density at radius 1 is 1.31 bits per heavy atom. The Morgan fingerprint density at radius 2 is 2.10 bits per heavy atom. The van der Waals surface area contributed by atoms with Crippen molar-refractivity contribution in [3.05, 3.63) is 40.2 Å². The Balaban J connectivity index is 1.41. The number of carbonyl (C=O) groups excluding carboxylic acids is 2. The number of aryl methyl sites for hydroxylation is 1. The van der Waals surface area contributed by atoms with E-state index in [1.165, 1.54) is 31.9 Å². The average molecular weight is 418 g/mol. The molecule has 4 rings (SSSR count). The predicted molar refractivity (Wildman–Crippen MR) is 107 cm³/mol. The minimum Gasteiger partial charge on any atom is -0.323 e. The number of fused-ring (bicyclic) bond motifs is 1. The van der Waals surface area contributed by atoms with Gasteiger partial charge in [0.05, 0.1) is 11.6 Å². The summed E-state index contributed by atoms with van der Waals surface area (Å²) in [5, 5.41) is 9.59. The summed E-state index contributed by atoms with van der Waals surface area (Å²) in [4.78, 5) is 32.8. The van der Waals surface area contributed by atoms with E-state index in [0.717, 1.165) is 12.5 Å². The molecule has 1 saturated carbocycles. The van der Waals surface area contributed by atoms with Crippen LogP contribution in [0, 0.1) is 17.7 Å². The van der Waals surface area contributed by atoms with Crippen LogP contribution in [0.1, 0.15) is 54.1 Å². The van der Waals surface area contributed by atoms with Gasteiger partial charge in [0, 0.05) is 17.7 Å². The third kappa shape index (κ3) is 4.53. The standard InChI is InChI=1S/C20H21ClFN5O2/c21-14-8-12-5-6-13(19(28)25-17(12)15(22)9-14)10-23-20(29)18-24-16(26-27-18)7-11-3-1-2-4-11/h8-11,13H,1-7H2,(H,25,28)(H,24,26,27)/t13-/m0/s1. The second kappa shape index (κ2) is 8.41. The van der Waals surface area contributed by atoms with Gasteiger partial charge in [-0.3, -0.25) is 14.7 Å². The first-order valence-electron chi connectivity index (χ1n) is 9.78. The van der Waals surface area contributed by atoms with Crippen LogP contribution in [0.15, 0.2) is 17.1 Å². The SMILES string of the molecule is O=C(N=C[C@@H]1CCc2cc(Cl)cc(F)c2NC1=O)c1n[nH]c(CC2CCCC2)n1. The molecule has 7 nitrogen and oxygen atoms in total. The highest BCUT2D eigenvalue weighted by molar-refractivity contribution is 6.30. The number of hydrogen-bond acceptors (Lipinski definition) is 4. The average Bonchev–Trinajstić information content (AvgIpc) is 3.33. The van der Waals surface area contributed by atoms with Gasteiger partial charge in [0.15, 0.2) is 0 Å². The molecule has 2 amide bonds. The van der Waals surface area contributed by atoms with Gasteiger partial charge in [-0.15, -0.1) is 5.10 Å². The monoisotopic (exact) mass is 417 g/mol. The third-order valence-electron chi connectivity index (χ3n) is 5.50. The van der Waals surface area contributed by atoms with Gasteiger partial charge in [-0.25, -0.2) is 14.4 Å². The molecule has 0 bridgehead atoms. The minimum atomic E-state index is -0.665. The molecule has 9 heteroatoms. The van der Waals surface area contributed by atoms with E-state index >= 15 is 0 Å². The van der Waals surface area contributed by atoms with Crippen molar-refractivity contribution in [2.45, 2.75) is 44.9 Å². The van der Waals surface area contributed by atoms with Gasteiger partial charge in [-0.2, -0.15) is 0 Å². The van der Waals surface area contributed by atoms with Crippen LogP contribution in [0.3, 0.4) is 0 Å². The summed E-state index contributed by atoms with van der Waals surface area (Å²) in [5.74, 6) is -1.01. The lowest BCUT2D eigenvalue weighted by molar-refractivity contribution is -0.117. The maximum Gasteiger partial charge on any atom is 0.316 e. The number of aliphatic imine (C=N–C) groups is 1. The predicted octanol–water partition coefficient (Wildman–Crippen LogP) is 3.74. The first kappa shape index (κ1) is 19.7. The number of hydrogen-bond donors (Lipinski definition) is 2. The summed E-state index contributed by atoms with van der Waals surface area (Å²) in [6.45, 7) is 0. The number of anilines is 1. The number of H-pyrrole nitrogens is 1. The largest absolute Gasteiger partial charge is 0.323 e. The summed E-state index contributed by atoms with van der Waals surface area (Å²) >= 11 is 5.89. The summed E-state index contributed by atoms with van der Waals surface area (Å²) < 4.78 is 14.1. The number of nitrogens with one attached hydrogen (secondary N) is 2. The molecule has 2 N–H and O–H groups in total. The number of halogens is 2. The smallest absolute Gasteiger partial charge is 0.316 e. The Bertz CT molecular complexity index is 968. The highest BCUT2D eigenvalue weighted by Crippen LogP contribution is 2.30. The van der Waals surface area contributed by atoms with E-state index < -0.39 is 23.5 Å². The van der Waals surface area contributed by atoms with Crippen molar-refractivity contribution in [1.29, 1.82) is 0 Å². The zero-order valence-electron chi connectivity index (χ0n) is 15.8. The molecule has 1 fully saturated rings. The molecular formula is C20H21ClFN5O2. The van der Waals surface area contributed by atoms with Crippen molar-refractivity contribution in [3.63, 3.8) is 0 Å². The normalized spacial score (nSPS) is 19.9. The minimum absolute atomic E-state index is 0.00982. The zero-order valence-corrected chi connectivity index (χ0v) is 16.5. The molecule has 1 aromatic heterocycles. The number of aromatic amines is 1. The van der Waals surface area contributed by atoms with Crippen molar-refractivity contribution >= 4 is 35.3 Å². The summed E-state index contributed by atoms with van der Waals surface area (Å²) in [6, 6.07) is 2.79. The molecular weight excluding hydrogens is 397 g/mol. The van der Waals surface area contributed by atoms with Gasteiger partial charge in [0.1, 0.15) is 11.6 Å². The first-order chi connectivity index (χ1) is 14.0. The molecule has 152 valence electrons. The van der Waals surface area contributed by atoms with E-state index in [0.29, 0.717) is 30.1 Å². The van der Waals surface area contributed by atoms with Crippen LogP contribution in [-0.4, -0.2) is 33.2 Å². The molecule has 2 heterocycles. The van der Waals surface area contributed by atoms with Crippen molar-refractivity contribution in [2.24, 2.45) is 16.8 Å². The lowest BCUT2D eigenvalue weighted by Gasteiger charge is -2.09. The van der Waals surface area contributed by atoms with Crippen LogP contribution in [-0.2, 0) is 17.6 Å². The lowest BCUT2D eigenvalue weighted by Crippen LogP contribution is -2.23. The van der Waals surface area contributed by atoms with Gasteiger partial charge in [0.2, 0.25) is 11.7 Å². The van der Waals surface area contributed by atoms with E-state index in [9.17, 15) is 14.0 Å². The Morgan fingerprint density at radius 3 is 2.90 bits per heavy atom. The van der Waals surface area contributed by atoms with Gasteiger partial charge in [-0.1, -0.05) is 37.3 Å². The van der Waals surface area contributed by atoms with Crippen LogP contribution >= 0.6 is 11.6 Å². The topological polar surface area (TPSA) is 100 Å². The number of amides is 2. The molecule has 1 aliphatic carbocycles. The molecule has 0 unspecified atom stereocenters. The summed E-state index contributed by atoms with van der Waals surface area (Å²) in [5.41, 5.74) is 0.753. The molecule has 29 heavy (non-hydrogen) atoms. The fraction of sp³-hybridized carbons (Fsp3) is 0.450. The van der Waals surface area contributed by atoms with Gasteiger partial charge in [-0.05, 0) is 36.5 Å². The van der Waals surface area contributed by atoms with E-state index in [1.54, 1.807) is 6.07 Å². The van der Waals surface area contributed by atoms with E-state index in [4.69, 9.17) is 11.6 Å². The number of benzene rings is 1. The summed E-state index contributed by atoms with van der Waals surface area (Å²) in [6.07, 6.45) is 7.70. The molecule has 2 aliphatic rings. The Labute approximate surface area is 172 Å². The van der Waals surface area contributed by atoms with Crippen LogP contribution in [0.5, 0.6) is 0 Å². The number of aromatic nitrogens is 3. The molecule has 0 radical (unpaired) electrons. The maximum atomic E-state index is 14.1. The lowest BCUT2D eigenvalue weighted by atomic mass is 10.0. The van der Waals surface area contributed by atoms with Gasteiger partial charge >= 0.3 is 5.91 Å². The molecule has 2 aromatic rings. The number of nitrogens with zero attached hydrogens (tertiary/aromatic N) is 3. The van der Waals surface area contributed by atoms with Crippen molar-refractivity contribution in [1.82, 2.24) is 15.2 Å². The van der Waals surface area contributed by atoms with Crippen molar-refractivity contribution < 1.29 is 14.0 Å². The van der Waals surface area contributed by atoms with Gasteiger partial charge < -0.3 is 5.32 Å². The first-order valence-corrected chi connectivity index (χ1v) is 10.2. The second-order valence-corrected chi connectivity index (χ2v) is 8.04. The zero-order chi connectivity index (χ0) is 20.4. The van der Waals surface area contributed by atoms with Gasteiger partial charge in [0.25, 0.3) is 0 Å². The molecule has 0 saturated heterocycles. The maximum absolute atomic E-state index is 14.1. The van der Waals surface area contributed by atoms with Crippen LogP contribution in [0.2, 0.25) is 5.02 Å². The highest BCUT2D eigenvalue weighted by atomic mass is 35.5. The third-order valence-corrected chi connectivity index (χ3v) is 5.72. The van der Waals surface area contributed by atoms with Crippen molar-refractivity contribution in [3.8, 4) is 0 Å². The molecule has 1 atom stereocenters. The molecule has 1 aromatic carbocycles. The molecule has 0 spiro atoms. The number of rotatable bonds is 4. The summed E-state index contributed by atoms with van der Waals surface area (Å²) in [7, 11) is 0. The Kier molecular flexibility index (Phi) is 5.71. The highest BCUT2D eigenvalue weighted by Gasteiger charge is 2.25. The van der Waals surface area contributed by atoms with Crippen molar-refractivity contribution in [2.75, 3.05) is 5.32 Å². The fourth-order valence-electron chi connectivity index (χ4n) is 3.95. The van der Waals surface area contributed by atoms with Crippen LogP contribution in [0.4, 0.5) is 10.1 Å². The van der Waals surface area contributed by atoms with Crippen LogP contribution < -0.4 is 5.32 Å². The number of carbonyl (C=O) groups is 2.